The van der Waals surface area contributed by atoms with Gasteiger partial charge in [0.1, 0.15) is 4.60 Å². The molecule has 1 atom stereocenters. The lowest BCUT2D eigenvalue weighted by atomic mass is 10.1. The van der Waals surface area contributed by atoms with Gasteiger partial charge >= 0.3 is 0 Å². The Morgan fingerprint density at radius 2 is 2.45 bits per heavy atom. The zero-order chi connectivity index (χ0) is 7.84. The fourth-order valence-electron chi connectivity index (χ4n) is 1.67. The normalized spacial score (nSPS) is 21.8. The molecule has 0 saturated carbocycles. The Balaban J connectivity index is 2.50. The van der Waals surface area contributed by atoms with Crippen LogP contribution in [0.5, 0.6) is 0 Å². The molecule has 0 saturated heterocycles. The third kappa shape index (κ3) is 1.20. The molecule has 1 nitrogen and oxygen atoms in total. The Labute approximate surface area is 75.0 Å². The van der Waals surface area contributed by atoms with E-state index in [4.69, 9.17) is 0 Å². The first-order valence-electron chi connectivity index (χ1n) is 3.91. The molecule has 2 heteroatoms. The van der Waals surface area contributed by atoms with E-state index in [1.807, 2.05) is 6.20 Å². The number of hydrogen-bond acceptors (Lipinski definition) is 1. The molecule has 1 aromatic heterocycles. The maximum atomic E-state index is 4.22. The van der Waals surface area contributed by atoms with Crippen LogP contribution in [0.25, 0.3) is 0 Å². The summed E-state index contributed by atoms with van der Waals surface area (Å²) in [5.41, 5.74) is 2.91. The van der Waals surface area contributed by atoms with Crippen molar-refractivity contribution in [2.45, 2.75) is 25.7 Å². The van der Waals surface area contributed by atoms with E-state index in [2.05, 4.69) is 33.9 Å². The van der Waals surface area contributed by atoms with Gasteiger partial charge in [-0.2, -0.15) is 0 Å². The highest BCUT2D eigenvalue weighted by Crippen LogP contribution is 2.32. The maximum Gasteiger partial charge on any atom is 0.106 e. The van der Waals surface area contributed by atoms with Crippen molar-refractivity contribution in [3.05, 3.63) is 28.0 Å². The molecule has 1 aliphatic rings. The number of rotatable bonds is 0. The molecule has 2 rings (SSSR count). The molecule has 0 bridgehead atoms. The second kappa shape index (κ2) is 2.59. The topological polar surface area (TPSA) is 12.9 Å². The SMILES string of the molecule is CC1CCc2cc(Br)ncc21. The van der Waals surface area contributed by atoms with Gasteiger partial charge in [-0.15, -0.1) is 0 Å². The largest absolute Gasteiger partial charge is 0.249 e. The molecule has 0 N–H and O–H groups in total. The van der Waals surface area contributed by atoms with Gasteiger partial charge in [-0.3, -0.25) is 0 Å². The third-order valence-electron chi connectivity index (χ3n) is 2.37. The second-order valence-electron chi connectivity index (χ2n) is 3.15. The van der Waals surface area contributed by atoms with Gasteiger partial charge in [0.25, 0.3) is 0 Å². The van der Waals surface area contributed by atoms with Crippen molar-refractivity contribution in [2.75, 3.05) is 0 Å². The van der Waals surface area contributed by atoms with E-state index in [1.54, 1.807) is 0 Å². The maximum absolute atomic E-state index is 4.22. The molecule has 0 amide bonds. The molecule has 58 valence electrons. The molecule has 0 radical (unpaired) electrons. The van der Waals surface area contributed by atoms with Crippen LogP contribution in [-0.4, -0.2) is 4.98 Å². The quantitative estimate of drug-likeness (QED) is 0.602. The number of aryl methyl sites for hydroxylation is 1. The Kier molecular flexibility index (Phi) is 1.72. The van der Waals surface area contributed by atoms with Crippen LogP contribution < -0.4 is 0 Å². The van der Waals surface area contributed by atoms with Gasteiger partial charge in [-0.25, -0.2) is 4.98 Å². The monoisotopic (exact) mass is 211 g/mol. The van der Waals surface area contributed by atoms with E-state index in [0.717, 1.165) is 4.60 Å². The molecule has 1 unspecified atom stereocenters. The summed E-state index contributed by atoms with van der Waals surface area (Å²) in [7, 11) is 0. The number of hydrogen-bond donors (Lipinski definition) is 0. The lowest BCUT2D eigenvalue weighted by molar-refractivity contribution is 0.745. The van der Waals surface area contributed by atoms with E-state index in [9.17, 15) is 0 Å². The first-order valence-corrected chi connectivity index (χ1v) is 4.71. The van der Waals surface area contributed by atoms with Crippen LogP contribution in [-0.2, 0) is 6.42 Å². The minimum Gasteiger partial charge on any atom is -0.249 e. The molecular weight excluding hydrogens is 202 g/mol. The summed E-state index contributed by atoms with van der Waals surface area (Å²) in [5, 5.41) is 0. The lowest BCUT2D eigenvalue weighted by Crippen LogP contribution is -1.87. The van der Waals surface area contributed by atoms with Crippen LogP contribution in [0.4, 0.5) is 0 Å². The van der Waals surface area contributed by atoms with Crippen LogP contribution in [0.2, 0.25) is 0 Å². The van der Waals surface area contributed by atoms with Crippen LogP contribution in [0.15, 0.2) is 16.9 Å². The summed E-state index contributed by atoms with van der Waals surface area (Å²) < 4.78 is 0.963. The fraction of sp³-hybridized carbons (Fsp3) is 0.444. The molecule has 1 aromatic rings. The highest BCUT2D eigenvalue weighted by atomic mass is 79.9. The van der Waals surface area contributed by atoms with Gasteiger partial charge in [0.05, 0.1) is 0 Å². The number of pyridine rings is 1. The Morgan fingerprint density at radius 1 is 1.64 bits per heavy atom. The van der Waals surface area contributed by atoms with E-state index in [0.29, 0.717) is 5.92 Å². The minimum atomic E-state index is 0.714. The van der Waals surface area contributed by atoms with Gasteiger partial charge in [0, 0.05) is 6.20 Å². The van der Waals surface area contributed by atoms with Crippen LogP contribution >= 0.6 is 15.9 Å². The van der Waals surface area contributed by atoms with Crippen molar-refractivity contribution in [1.82, 2.24) is 4.98 Å². The van der Waals surface area contributed by atoms with Gasteiger partial charge in [-0.1, -0.05) is 6.92 Å². The van der Waals surface area contributed by atoms with Crippen molar-refractivity contribution >= 4 is 15.9 Å². The first-order chi connectivity index (χ1) is 5.27. The average molecular weight is 212 g/mol. The van der Waals surface area contributed by atoms with Gasteiger partial charge in [0.2, 0.25) is 0 Å². The van der Waals surface area contributed by atoms with Crippen LogP contribution in [0.3, 0.4) is 0 Å². The molecule has 1 aliphatic carbocycles. The number of aromatic nitrogens is 1. The summed E-state index contributed by atoms with van der Waals surface area (Å²) >= 11 is 3.37. The highest BCUT2D eigenvalue weighted by Gasteiger charge is 2.18. The molecule has 0 spiro atoms. The number of fused-ring (bicyclic) bond motifs is 1. The van der Waals surface area contributed by atoms with Gasteiger partial charge < -0.3 is 0 Å². The Hall–Kier alpha value is -0.370. The predicted molar refractivity (Wildman–Crippen MR) is 48.7 cm³/mol. The van der Waals surface area contributed by atoms with Crippen molar-refractivity contribution in [3.8, 4) is 0 Å². The smallest absolute Gasteiger partial charge is 0.106 e. The fourth-order valence-corrected chi connectivity index (χ4v) is 2.04. The molecule has 11 heavy (non-hydrogen) atoms. The number of nitrogens with zero attached hydrogens (tertiary/aromatic N) is 1. The standard InChI is InChI=1S/C9H10BrN/c1-6-2-3-7-4-9(10)11-5-8(6)7/h4-6H,2-3H2,1H3. The molecule has 0 fully saturated rings. The lowest BCUT2D eigenvalue weighted by Gasteiger charge is -2.02. The van der Waals surface area contributed by atoms with E-state index in [-0.39, 0.29) is 0 Å². The molecule has 1 heterocycles. The van der Waals surface area contributed by atoms with Crippen LogP contribution in [0, 0.1) is 0 Å². The summed E-state index contributed by atoms with van der Waals surface area (Å²) in [4.78, 5) is 4.22. The zero-order valence-corrected chi connectivity index (χ0v) is 8.06. The summed E-state index contributed by atoms with van der Waals surface area (Å²) in [6.07, 6.45) is 4.50. The first kappa shape index (κ1) is 7.29. The summed E-state index contributed by atoms with van der Waals surface area (Å²) in [6, 6.07) is 2.14. The average Bonchev–Trinajstić information content (AvgIpc) is 2.32. The minimum absolute atomic E-state index is 0.714. The molecular formula is C9H10BrN. The van der Waals surface area contributed by atoms with Crippen LogP contribution in [0.1, 0.15) is 30.4 Å². The Morgan fingerprint density at radius 3 is 3.27 bits per heavy atom. The van der Waals surface area contributed by atoms with Gasteiger partial charge in [-0.05, 0) is 51.9 Å². The Bertz CT molecular complexity index is 283. The zero-order valence-electron chi connectivity index (χ0n) is 6.47. The molecule has 0 aromatic carbocycles. The predicted octanol–water partition coefficient (Wildman–Crippen LogP) is 2.89. The summed E-state index contributed by atoms with van der Waals surface area (Å²) in [6.45, 7) is 2.27. The van der Waals surface area contributed by atoms with E-state index < -0.39 is 0 Å². The summed E-state index contributed by atoms with van der Waals surface area (Å²) in [5.74, 6) is 0.714. The van der Waals surface area contributed by atoms with Crippen molar-refractivity contribution in [2.24, 2.45) is 0 Å². The third-order valence-corrected chi connectivity index (χ3v) is 2.80. The van der Waals surface area contributed by atoms with Crippen molar-refractivity contribution in [3.63, 3.8) is 0 Å². The van der Waals surface area contributed by atoms with E-state index >= 15 is 0 Å². The molecule has 0 aliphatic heterocycles. The van der Waals surface area contributed by atoms with Crippen molar-refractivity contribution < 1.29 is 0 Å². The number of halogens is 1. The second-order valence-corrected chi connectivity index (χ2v) is 3.96. The van der Waals surface area contributed by atoms with Gasteiger partial charge in [0.15, 0.2) is 0 Å². The van der Waals surface area contributed by atoms with E-state index in [1.165, 1.54) is 24.0 Å². The van der Waals surface area contributed by atoms with Crippen molar-refractivity contribution in [1.29, 1.82) is 0 Å². The highest BCUT2D eigenvalue weighted by molar-refractivity contribution is 9.10.